The number of rotatable bonds is 2. The van der Waals surface area contributed by atoms with E-state index in [0.29, 0.717) is 34.1 Å². The summed E-state index contributed by atoms with van der Waals surface area (Å²) in [4.78, 5) is 22.9. The highest BCUT2D eigenvalue weighted by molar-refractivity contribution is 6.38. The molecule has 4 N–H and O–H groups in total. The van der Waals surface area contributed by atoms with Crippen molar-refractivity contribution in [3.63, 3.8) is 0 Å². The number of esters is 1. The zero-order valence-corrected chi connectivity index (χ0v) is 24.0. The minimum Gasteiger partial charge on any atom is -0.469 e. The Labute approximate surface area is 244 Å². The first-order valence-corrected chi connectivity index (χ1v) is 14.8. The number of nitrogens with one attached hydrogen (secondary N) is 3. The second-order valence-corrected chi connectivity index (χ2v) is 11.9. The number of methoxy groups -OCH3 is 1. The van der Waals surface area contributed by atoms with Crippen LogP contribution in [0.1, 0.15) is 36.6 Å². The Morgan fingerprint density at radius 1 is 1.07 bits per heavy atom. The lowest BCUT2D eigenvalue weighted by atomic mass is 9.65. The summed E-state index contributed by atoms with van der Waals surface area (Å²) < 4.78 is 5.04. The molecule has 5 atom stereocenters. The minimum absolute atomic E-state index is 0.199. The van der Waals surface area contributed by atoms with Gasteiger partial charge < -0.3 is 25.5 Å². The first-order chi connectivity index (χ1) is 19.4. The van der Waals surface area contributed by atoms with E-state index in [0.717, 1.165) is 51.4 Å². The Bertz CT molecular complexity index is 1400. The molecule has 0 radical (unpaired) electrons. The number of fused-ring (bicyclic) bond motifs is 6. The van der Waals surface area contributed by atoms with Gasteiger partial charge in [-0.05, 0) is 61.3 Å². The molecule has 212 valence electrons. The fourth-order valence-corrected chi connectivity index (χ4v) is 7.50. The average Bonchev–Trinajstić information content (AvgIpc) is 3.62. The number of piperidine rings is 1. The molecule has 0 unspecified atom stereocenters. The van der Waals surface area contributed by atoms with Crippen LogP contribution in [0.4, 0.5) is 5.69 Å². The van der Waals surface area contributed by atoms with E-state index in [1.165, 1.54) is 29.3 Å². The summed E-state index contributed by atoms with van der Waals surface area (Å²) in [6.07, 6.45) is 3.14. The number of carbonyl (C=O) groups excluding carboxylic acids is 1. The van der Waals surface area contributed by atoms with Gasteiger partial charge >= 0.3 is 5.97 Å². The van der Waals surface area contributed by atoms with Crippen molar-refractivity contribution in [2.45, 2.75) is 37.8 Å². The quantitative estimate of drug-likeness (QED) is 0.323. The second-order valence-electron chi connectivity index (χ2n) is 11.1. The van der Waals surface area contributed by atoms with Gasteiger partial charge in [-0.15, -0.1) is 0 Å². The zero-order valence-electron chi connectivity index (χ0n) is 22.5. The molecule has 1 aliphatic carbocycles. The lowest BCUT2D eigenvalue weighted by Crippen LogP contribution is -2.53. The normalized spacial score (nSPS) is 27.3. The number of aromatic amines is 1. The smallest absolute Gasteiger partial charge is 0.311 e. The number of hydrogen-bond donors (Lipinski definition) is 4. The van der Waals surface area contributed by atoms with Crippen LogP contribution in [-0.2, 0) is 16.0 Å². The summed E-state index contributed by atoms with van der Waals surface area (Å²) in [7, 11) is 1.43. The van der Waals surface area contributed by atoms with Gasteiger partial charge in [0.1, 0.15) is 5.69 Å². The van der Waals surface area contributed by atoms with Gasteiger partial charge in [0.15, 0.2) is 5.96 Å². The maximum atomic E-state index is 12.4. The molecule has 40 heavy (non-hydrogen) atoms. The Morgan fingerprint density at radius 3 is 2.58 bits per heavy atom. The van der Waals surface area contributed by atoms with Gasteiger partial charge in [0.2, 0.25) is 0 Å². The molecule has 2 aromatic carbocycles. The van der Waals surface area contributed by atoms with Crippen LogP contribution >= 0.6 is 23.2 Å². The number of guanidine groups is 1. The van der Waals surface area contributed by atoms with E-state index in [9.17, 15) is 9.90 Å². The standard InChI is InChI=1S/C21H26N2O3.C9H9Cl2N3/c1-26-21(25)19-15-10-17-20-14(13-4-2-3-5-16(13)22-20)8-9-23(17)11-12(15)6-7-18(19)24;10-6-2-1-3-7(11)8(6)14-9-12-4-5-13-9/h2-5,12,15,17-19,22,24H,6-11H2,1H3;1-3H,4-5H2,(H2,12,13,14)/t12-,15-,17-,18-,19+;/m0./s1. The largest absolute Gasteiger partial charge is 0.469 e. The van der Waals surface area contributed by atoms with Crippen LogP contribution in [-0.4, -0.2) is 66.3 Å². The monoisotopic (exact) mass is 583 g/mol. The molecule has 7 rings (SSSR count). The van der Waals surface area contributed by atoms with Gasteiger partial charge in [-0.3, -0.25) is 9.69 Å². The average molecular weight is 585 g/mol. The van der Waals surface area contributed by atoms with Crippen molar-refractivity contribution < 1.29 is 14.6 Å². The topological polar surface area (TPSA) is 102 Å². The molecule has 3 fully saturated rings. The third kappa shape index (κ3) is 5.18. The fourth-order valence-electron chi connectivity index (χ4n) is 7.01. The summed E-state index contributed by atoms with van der Waals surface area (Å²) in [5, 5.41) is 19.1. The number of halogens is 2. The fraction of sp³-hybridized carbons (Fsp3) is 0.467. The summed E-state index contributed by atoms with van der Waals surface area (Å²) in [5.41, 5.74) is 4.56. The molecule has 0 spiro atoms. The number of aliphatic hydroxyl groups is 1. The van der Waals surface area contributed by atoms with E-state index in [1.54, 1.807) is 18.2 Å². The van der Waals surface area contributed by atoms with Gasteiger partial charge in [0, 0.05) is 42.8 Å². The Balaban J connectivity index is 0.000000175. The zero-order chi connectivity index (χ0) is 27.8. The number of aliphatic imine (C=N–C) groups is 1. The molecule has 4 heterocycles. The lowest BCUT2D eigenvalue weighted by Gasteiger charge is -2.50. The number of hydrogen-bond acceptors (Lipinski definition) is 5. The number of nitrogens with zero attached hydrogens (tertiary/aromatic N) is 2. The molecule has 8 nitrogen and oxygen atoms in total. The van der Waals surface area contributed by atoms with Crippen LogP contribution in [0.5, 0.6) is 0 Å². The molecule has 10 heteroatoms. The van der Waals surface area contributed by atoms with E-state index in [4.69, 9.17) is 27.9 Å². The van der Waals surface area contributed by atoms with Gasteiger partial charge in [-0.25, -0.2) is 4.99 Å². The second kappa shape index (κ2) is 11.6. The molecular formula is C30H35Cl2N5O3. The number of ether oxygens (including phenoxy) is 1. The number of aliphatic hydroxyl groups excluding tert-OH is 1. The predicted molar refractivity (Wildman–Crippen MR) is 158 cm³/mol. The van der Waals surface area contributed by atoms with Gasteiger partial charge in [-0.2, -0.15) is 0 Å². The molecule has 3 aliphatic heterocycles. The minimum atomic E-state index is -0.568. The number of benzene rings is 2. The maximum Gasteiger partial charge on any atom is 0.311 e. The SMILES string of the molecule is COC(=O)[C@@H]1[C@H]2C[C@H]3c4[nH]c5ccccc5c4CCN3C[C@@H]2CC[C@@H]1O.Clc1cccc(Cl)c1N=C1NCCN1. The van der Waals surface area contributed by atoms with Crippen LogP contribution in [0.3, 0.4) is 0 Å². The number of H-pyrrole nitrogens is 1. The molecule has 4 aliphatic rings. The van der Waals surface area contributed by atoms with Crippen molar-refractivity contribution in [1.82, 2.24) is 20.5 Å². The van der Waals surface area contributed by atoms with Crippen molar-refractivity contribution >= 4 is 51.7 Å². The van der Waals surface area contributed by atoms with Crippen LogP contribution in [0.15, 0.2) is 47.5 Å². The van der Waals surface area contributed by atoms with Crippen molar-refractivity contribution in [2.75, 3.05) is 33.3 Å². The lowest BCUT2D eigenvalue weighted by molar-refractivity contribution is -0.160. The van der Waals surface area contributed by atoms with Crippen molar-refractivity contribution in [2.24, 2.45) is 22.7 Å². The molecular weight excluding hydrogens is 549 g/mol. The Kier molecular flexibility index (Phi) is 7.95. The van der Waals surface area contributed by atoms with Crippen molar-refractivity contribution in [3.8, 4) is 0 Å². The van der Waals surface area contributed by atoms with Crippen molar-refractivity contribution in [1.29, 1.82) is 0 Å². The van der Waals surface area contributed by atoms with Crippen LogP contribution in [0.2, 0.25) is 10.0 Å². The van der Waals surface area contributed by atoms with Crippen LogP contribution in [0, 0.1) is 17.8 Å². The molecule has 0 bridgehead atoms. The summed E-state index contributed by atoms with van der Waals surface area (Å²) >= 11 is 11.9. The molecule has 1 saturated carbocycles. The molecule has 3 aromatic rings. The Morgan fingerprint density at radius 2 is 1.82 bits per heavy atom. The highest BCUT2D eigenvalue weighted by atomic mass is 35.5. The van der Waals surface area contributed by atoms with E-state index in [2.05, 4.69) is 49.8 Å². The maximum absolute atomic E-state index is 12.4. The Hall–Kier alpha value is -2.78. The van der Waals surface area contributed by atoms with Gasteiger partial charge in [0.05, 0.1) is 35.2 Å². The summed E-state index contributed by atoms with van der Waals surface area (Å²) in [6.45, 7) is 3.85. The van der Waals surface area contributed by atoms with E-state index >= 15 is 0 Å². The highest BCUT2D eigenvalue weighted by Crippen LogP contribution is 2.49. The van der Waals surface area contributed by atoms with Crippen LogP contribution in [0.25, 0.3) is 10.9 Å². The third-order valence-electron chi connectivity index (χ3n) is 8.89. The number of aromatic nitrogens is 1. The third-order valence-corrected chi connectivity index (χ3v) is 9.50. The number of para-hydroxylation sites is 2. The number of carbonyl (C=O) groups is 1. The van der Waals surface area contributed by atoms with Crippen LogP contribution < -0.4 is 10.6 Å². The van der Waals surface area contributed by atoms with E-state index in [-0.39, 0.29) is 17.8 Å². The summed E-state index contributed by atoms with van der Waals surface area (Å²) in [5.74, 6) is 0.776. The first-order valence-electron chi connectivity index (χ1n) is 14.0. The molecule has 0 amide bonds. The van der Waals surface area contributed by atoms with Gasteiger partial charge in [-0.1, -0.05) is 47.5 Å². The van der Waals surface area contributed by atoms with Gasteiger partial charge in [0.25, 0.3) is 0 Å². The molecule has 1 aromatic heterocycles. The first kappa shape index (κ1) is 27.4. The predicted octanol–water partition coefficient (Wildman–Crippen LogP) is 4.82. The highest BCUT2D eigenvalue weighted by Gasteiger charge is 2.49. The van der Waals surface area contributed by atoms with Crippen molar-refractivity contribution in [3.05, 3.63) is 63.8 Å². The molecule has 2 saturated heterocycles. The summed E-state index contributed by atoms with van der Waals surface area (Å²) in [6, 6.07) is 14.2. The van der Waals surface area contributed by atoms with E-state index < -0.39 is 6.10 Å². The van der Waals surface area contributed by atoms with E-state index in [1.807, 2.05) is 0 Å².